The van der Waals surface area contributed by atoms with Crippen LogP contribution in [0.1, 0.15) is 25.8 Å². The number of nitrogens with zero attached hydrogens (tertiary/aromatic N) is 3. The molecular weight excluding hydrogens is 336 g/mol. The Balaban J connectivity index is 1.83. The summed E-state index contributed by atoms with van der Waals surface area (Å²) >= 11 is 0. The van der Waals surface area contributed by atoms with Crippen LogP contribution in [-0.4, -0.2) is 65.3 Å². The molecule has 0 aromatic heterocycles. The van der Waals surface area contributed by atoms with Crippen molar-refractivity contribution >= 4 is 17.5 Å². The Hall–Kier alpha value is -2.48. The molecule has 1 aliphatic rings. The lowest BCUT2D eigenvalue weighted by Crippen LogP contribution is -2.52. The molecule has 142 valence electrons. The zero-order chi connectivity index (χ0) is 19.1. The first-order chi connectivity index (χ1) is 12.4. The van der Waals surface area contributed by atoms with E-state index in [2.05, 4.69) is 5.32 Å². The first-order valence-electron chi connectivity index (χ1n) is 8.92. The lowest BCUT2D eigenvalue weighted by Gasteiger charge is -2.34. The SMILES string of the molecule is CCC(C)NC(=O)CN1CCN(C(=O)Cc2ccccc2[N+](=O)[O-])CC1. The number of nitro benzene ring substituents is 1. The van der Waals surface area contributed by atoms with Gasteiger partial charge >= 0.3 is 0 Å². The topological polar surface area (TPSA) is 95.8 Å². The Kier molecular flexibility index (Phi) is 7.08. The number of amides is 2. The van der Waals surface area contributed by atoms with E-state index in [4.69, 9.17) is 0 Å². The number of nitro groups is 1. The monoisotopic (exact) mass is 362 g/mol. The summed E-state index contributed by atoms with van der Waals surface area (Å²) in [6.07, 6.45) is 0.908. The molecule has 1 N–H and O–H groups in total. The van der Waals surface area contributed by atoms with Crippen LogP contribution in [0.4, 0.5) is 5.69 Å². The highest BCUT2D eigenvalue weighted by atomic mass is 16.6. The highest BCUT2D eigenvalue weighted by Crippen LogP contribution is 2.19. The molecule has 0 radical (unpaired) electrons. The van der Waals surface area contributed by atoms with Gasteiger partial charge in [-0.25, -0.2) is 0 Å². The zero-order valence-electron chi connectivity index (χ0n) is 15.3. The summed E-state index contributed by atoms with van der Waals surface area (Å²) in [4.78, 5) is 38.7. The van der Waals surface area contributed by atoms with Crippen molar-refractivity contribution in [1.82, 2.24) is 15.1 Å². The van der Waals surface area contributed by atoms with Crippen LogP contribution in [0.15, 0.2) is 24.3 Å². The van der Waals surface area contributed by atoms with Crippen LogP contribution in [0.3, 0.4) is 0 Å². The maximum atomic E-state index is 12.5. The van der Waals surface area contributed by atoms with Crippen LogP contribution in [0.2, 0.25) is 0 Å². The zero-order valence-corrected chi connectivity index (χ0v) is 15.3. The number of piperazine rings is 1. The van der Waals surface area contributed by atoms with Crippen molar-refractivity contribution in [2.45, 2.75) is 32.7 Å². The predicted octanol–water partition coefficient (Wildman–Crippen LogP) is 1.20. The van der Waals surface area contributed by atoms with Gasteiger partial charge in [0.05, 0.1) is 17.9 Å². The minimum atomic E-state index is -0.462. The van der Waals surface area contributed by atoms with Crippen LogP contribution in [0, 0.1) is 10.1 Å². The van der Waals surface area contributed by atoms with Crippen molar-refractivity contribution in [3.63, 3.8) is 0 Å². The predicted molar refractivity (Wildman–Crippen MR) is 97.7 cm³/mol. The van der Waals surface area contributed by atoms with Crippen LogP contribution < -0.4 is 5.32 Å². The first-order valence-corrected chi connectivity index (χ1v) is 8.92. The van der Waals surface area contributed by atoms with Crippen LogP contribution in [0.5, 0.6) is 0 Å². The summed E-state index contributed by atoms with van der Waals surface area (Å²) in [5.41, 5.74) is 0.402. The summed E-state index contributed by atoms with van der Waals surface area (Å²) in [7, 11) is 0. The van der Waals surface area contributed by atoms with Gasteiger partial charge in [0.1, 0.15) is 0 Å². The molecule has 0 saturated carbocycles. The van der Waals surface area contributed by atoms with Gasteiger partial charge in [-0.3, -0.25) is 24.6 Å². The molecule has 0 bridgehead atoms. The third-order valence-corrected chi connectivity index (χ3v) is 4.64. The van der Waals surface area contributed by atoms with Crippen molar-refractivity contribution in [1.29, 1.82) is 0 Å². The normalized spacial score (nSPS) is 16.2. The number of carbonyl (C=O) groups excluding carboxylic acids is 2. The minimum Gasteiger partial charge on any atom is -0.353 e. The number of benzene rings is 1. The van der Waals surface area contributed by atoms with Gasteiger partial charge in [-0.1, -0.05) is 25.1 Å². The number of hydrogen-bond acceptors (Lipinski definition) is 5. The van der Waals surface area contributed by atoms with E-state index in [1.54, 1.807) is 23.1 Å². The van der Waals surface area contributed by atoms with Gasteiger partial charge in [-0.2, -0.15) is 0 Å². The summed E-state index contributed by atoms with van der Waals surface area (Å²) < 4.78 is 0. The fraction of sp³-hybridized carbons (Fsp3) is 0.556. The molecule has 1 fully saturated rings. The molecule has 26 heavy (non-hydrogen) atoms. The van der Waals surface area contributed by atoms with Crippen LogP contribution in [-0.2, 0) is 16.0 Å². The van der Waals surface area contributed by atoms with E-state index in [1.165, 1.54) is 6.07 Å². The fourth-order valence-electron chi connectivity index (χ4n) is 2.89. The van der Waals surface area contributed by atoms with E-state index in [0.717, 1.165) is 6.42 Å². The molecular formula is C18H26N4O4. The van der Waals surface area contributed by atoms with E-state index >= 15 is 0 Å². The molecule has 2 amide bonds. The van der Waals surface area contributed by atoms with Gasteiger partial charge in [0.15, 0.2) is 0 Å². The van der Waals surface area contributed by atoms with Gasteiger partial charge in [0.25, 0.3) is 5.69 Å². The average molecular weight is 362 g/mol. The Morgan fingerprint density at radius 2 is 1.88 bits per heavy atom. The average Bonchev–Trinajstić information content (AvgIpc) is 2.62. The molecule has 1 aliphatic heterocycles. The second-order valence-corrected chi connectivity index (χ2v) is 6.60. The molecule has 1 saturated heterocycles. The fourth-order valence-corrected chi connectivity index (χ4v) is 2.89. The quantitative estimate of drug-likeness (QED) is 0.581. The molecule has 1 aromatic rings. The van der Waals surface area contributed by atoms with Gasteiger partial charge in [-0.15, -0.1) is 0 Å². The van der Waals surface area contributed by atoms with Crippen molar-refractivity contribution in [2.24, 2.45) is 0 Å². The van der Waals surface area contributed by atoms with Crippen LogP contribution in [0.25, 0.3) is 0 Å². The molecule has 0 aliphatic carbocycles. The van der Waals surface area contributed by atoms with E-state index in [9.17, 15) is 19.7 Å². The lowest BCUT2D eigenvalue weighted by molar-refractivity contribution is -0.385. The Morgan fingerprint density at radius 1 is 1.23 bits per heavy atom. The highest BCUT2D eigenvalue weighted by Gasteiger charge is 2.24. The highest BCUT2D eigenvalue weighted by molar-refractivity contribution is 5.80. The van der Waals surface area contributed by atoms with Gasteiger partial charge < -0.3 is 10.2 Å². The molecule has 8 nitrogen and oxygen atoms in total. The van der Waals surface area contributed by atoms with E-state index in [0.29, 0.717) is 38.3 Å². The molecule has 1 atom stereocenters. The number of rotatable bonds is 7. The van der Waals surface area contributed by atoms with Crippen molar-refractivity contribution in [3.8, 4) is 0 Å². The van der Waals surface area contributed by atoms with Crippen molar-refractivity contribution in [3.05, 3.63) is 39.9 Å². The van der Waals surface area contributed by atoms with Gasteiger partial charge in [0, 0.05) is 43.9 Å². The van der Waals surface area contributed by atoms with Gasteiger partial charge in [-0.05, 0) is 13.3 Å². The summed E-state index contributed by atoms with van der Waals surface area (Å²) in [5.74, 6) is -0.123. The number of para-hydroxylation sites is 1. The Morgan fingerprint density at radius 3 is 2.50 bits per heavy atom. The summed E-state index contributed by atoms with van der Waals surface area (Å²) in [5, 5.41) is 14.0. The minimum absolute atomic E-state index is 0.000892. The van der Waals surface area contributed by atoms with E-state index in [-0.39, 0.29) is 30.0 Å². The van der Waals surface area contributed by atoms with Crippen LogP contribution >= 0.6 is 0 Å². The standard InChI is InChI=1S/C18H26N4O4/c1-3-14(2)19-17(23)13-20-8-10-21(11-9-20)18(24)12-15-6-4-5-7-16(15)22(25)26/h4-7,14H,3,8-13H2,1-2H3,(H,19,23). The molecule has 1 heterocycles. The number of nitrogens with one attached hydrogen (secondary N) is 1. The third kappa shape index (κ3) is 5.52. The van der Waals surface area contributed by atoms with Gasteiger partial charge in [0.2, 0.25) is 11.8 Å². The maximum absolute atomic E-state index is 12.5. The largest absolute Gasteiger partial charge is 0.353 e. The molecule has 0 spiro atoms. The third-order valence-electron chi connectivity index (χ3n) is 4.64. The van der Waals surface area contributed by atoms with Crippen molar-refractivity contribution < 1.29 is 14.5 Å². The lowest BCUT2D eigenvalue weighted by atomic mass is 10.1. The van der Waals surface area contributed by atoms with Crippen molar-refractivity contribution in [2.75, 3.05) is 32.7 Å². The van der Waals surface area contributed by atoms with E-state index < -0.39 is 4.92 Å². The second-order valence-electron chi connectivity index (χ2n) is 6.60. The molecule has 1 aromatic carbocycles. The Labute approximate surface area is 153 Å². The summed E-state index contributed by atoms with van der Waals surface area (Å²) in [6, 6.07) is 6.48. The van der Waals surface area contributed by atoms with E-state index in [1.807, 2.05) is 18.7 Å². The Bertz CT molecular complexity index is 656. The number of hydrogen-bond donors (Lipinski definition) is 1. The smallest absolute Gasteiger partial charge is 0.273 e. The molecule has 2 rings (SSSR count). The summed E-state index contributed by atoms with van der Waals surface area (Å²) in [6.45, 7) is 6.61. The second kappa shape index (κ2) is 9.28. The molecule has 8 heteroatoms. The maximum Gasteiger partial charge on any atom is 0.273 e. The first kappa shape index (κ1) is 19.8. The molecule has 1 unspecified atom stereocenters. The number of carbonyl (C=O) groups is 2.